The molecule has 144 valence electrons. The number of nitrogens with zero attached hydrogens (tertiary/aromatic N) is 1. The first kappa shape index (κ1) is 20.6. The lowest BCUT2D eigenvalue weighted by Gasteiger charge is -2.31. The smallest absolute Gasteiger partial charge is 0.317 e. The summed E-state index contributed by atoms with van der Waals surface area (Å²) in [6.07, 6.45) is 1.63. The van der Waals surface area contributed by atoms with Crippen molar-refractivity contribution in [1.82, 2.24) is 19.6 Å². The summed E-state index contributed by atoms with van der Waals surface area (Å²) in [4.78, 5) is 27.9. The second-order valence-electron chi connectivity index (χ2n) is 6.27. The molecule has 1 aromatic heterocycles. The van der Waals surface area contributed by atoms with Crippen molar-refractivity contribution in [3.8, 4) is 0 Å². The minimum atomic E-state index is -3.66. The highest BCUT2D eigenvalue weighted by Gasteiger charge is 2.29. The zero-order valence-corrected chi connectivity index (χ0v) is 16.1. The summed E-state index contributed by atoms with van der Waals surface area (Å²) in [5.41, 5.74) is -0.895. The van der Waals surface area contributed by atoms with Crippen LogP contribution in [0.25, 0.3) is 10.9 Å². The molecule has 1 fully saturated rings. The molecule has 0 bridgehead atoms. The van der Waals surface area contributed by atoms with Gasteiger partial charge in [-0.2, -0.15) is 4.31 Å². The third-order valence-electron chi connectivity index (χ3n) is 4.61. The van der Waals surface area contributed by atoms with Crippen LogP contribution in [0.2, 0.25) is 0 Å². The van der Waals surface area contributed by atoms with E-state index in [0.29, 0.717) is 24.5 Å². The molecule has 2 aromatic rings. The zero-order chi connectivity index (χ0) is 18.0. The Kier molecular flexibility index (Phi) is 6.62. The van der Waals surface area contributed by atoms with Gasteiger partial charge in [-0.05, 0) is 50.0 Å². The third-order valence-corrected chi connectivity index (χ3v) is 6.50. The first-order valence-electron chi connectivity index (χ1n) is 8.39. The minimum absolute atomic E-state index is 0. The van der Waals surface area contributed by atoms with E-state index in [-0.39, 0.29) is 22.7 Å². The summed E-state index contributed by atoms with van der Waals surface area (Å²) in [5, 5.41) is 3.45. The number of piperidine rings is 1. The number of fused-ring (bicyclic) bond motifs is 1. The van der Waals surface area contributed by atoms with Crippen molar-refractivity contribution in [2.24, 2.45) is 5.92 Å². The highest BCUT2D eigenvalue weighted by Crippen LogP contribution is 2.24. The molecule has 3 rings (SSSR count). The summed E-state index contributed by atoms with van der Waals surface area (Å²) in [7, 11) is -3.66. The Bertz CT molecular complexity index is 978. The van der Waals surface area contributed by atoms with E-state index in [2.05, 4.69) is 15.3 Å². The minimum Gasteiger partial charge on any atom is -0.317 e. The number of halogens is 1. The third kappa shape index (κ3) is 4.17. The van der Waals surface area contributed by atoms with Crippen LogP contribution in [0.5, 0.6) is 0 Å². The molecule has 0 spiro atoms. The number of H-pyrrole nitrogens is 2. The van der Waals surface area contributed by atoms with Gasteiger partial charge in [-0.1, -0.05) is 6.92 Å². The van der Waals surface area contributed by atoms with Crippen LogP contribution in [0.15, 0.2) is 32.7 Å². The molecule has 2 heterocycles. The molecule has 3 N–H and O–H groups in total. The van der Waals surface area contributed by atoms with Gasteiger partial charge in [0.2, 0.25) is 10.0 Å². The normalized spacial score (nSPS) is 16.5. The first-order valence-corrected chi connectivity index (χ1v) is 9.83. The molecule has 1 aliphatic rings. The highest BCUT2D eigenvalue weighted by atomic mass is 35.5. The number of nitrogens with one attached hydrogen (secondary N) is 3. The molecule has 0 unspecified atom stereocenters. The van der Waals surface area contributed by atoms with E-state index >= 15 is 0 Å². The molecule has 1 aliphatic heterocycles. The first-order chi connectivity index (χ1) is 11.9. The number of aromatic nitrogens is 2. The summed E-state index contributed by atoms with van der Waals surface area (Å²) in [6.45, 7) is 4.81. The topological polar surface area (TPSA) is 115 Å². The van der Waals surface area contributed by atoms with E-state index in [4.69, 9.17) is 0 Å². The van der Waals surface area contributed by atoms with Crippen LogP contribution >= 0.6 is 12.4 Å². The van der Waals surface area contributed by atoms with Crippen LogP contribution in [0.3, 0.4) is 0 Å². The molecule has 0 saturated carbocycles. The molecular formula is C16H23ClN4O4S. The van der Waals surface area contributed by atoms with E-state index in [0.717, 1.165) is 25.9 Å². The van der Waals surface area contributed by atoms with Gasteiger partial charge in [0, 0.05) is 13.1 Å². The van der Waals surface area contributed by atoms with Gasteiger partial charge in [0.15, 0.2) is 0 Å². The van der Waals surface area contributed by atoms with Crippen molar-refractivity contribution in [2.45, 2.75) is 24.7 Å². The average molecular weight is 403 g/mol. The van der Waals surface area contributed by atoms with Gasteiger partial charge < -0.3 is 10.3 Å². The Hall–Kier alpha value is -1.68. The molecule has 1 aromatic carbocycles. The van der Waals surface area contributed by atoms with Crippen molar-refractivity contribution >= 4 is 33.3 Å². The SMILES string of the molecule is CCNCC1CCN(S(=O)(=O)c2ccc3[nH]c(=O)[nH]c(=O)c3c2)CC1.Cl. The maximum absolute atomic E-state index is 12.9. The number of hydrogen-bond donors (Lipinski definition) is 3. The Morgan fingerprint density at radius 3 is 2.54 bits per heavy atom. The average Bonchev–Trinajstić information content (AvgIpc) is 2.60. The Labute approximate surface area is 157 Å². The van der Waals surface area contributed by atoms with E-state index < -0.39 is 21.3 Å². The van der Waals surface area contributed by atoms with Gasteiger partial charge in [0.25, 0.3) is 5.56 Å². The molecular weight excluding hydrogens is 380 g/mol. The highest BCUT2D eigenvalue weighted by molar-refractivity contribution is 7.89. The van der Waals surface area contributed by atoms with E-state index in [1.165, 1.54) is 22.5 Å². The standard InChI is InChI=1S/C16H22N4O4S.ClH/c1-2-17-10-11-5-7-20(8-6-11)25(23,24)12-3-4-14-13(9-12)15(21)19-16(22)18-14;/h3-4,9,11,17H,2,5-8,10H2,1H3,(H2,18,19,21,22);1H. The van der Waals surface area contributed by atoms with Gasteiger partial charge in [0.05, 0.1) is 15.8 Å². The maximum Gasteiger partial charge on any atom is 0.326 e. The number of benzene rings is 1. The molecule has 0 radical (unpaired) electrons. The summed E-state index contributed by atoms with van der Waals surface area (Å²) >= 11 is 0. The van der Waals surface area contributed by atoms with Gasteiger partial charge in [-0.3, -0.25) is 9.78 Å². The largest absolute Gasteiger partial charge is 0.326 e. The number of rotatable bonds is 5. The van der Waals surface area contributed by atoms with Crippen LogP contribution in [-0.4, -0.2) is 48.9 Å². The fourth-order valence-electron chi connectivity index (χ4n) is 3.16. The molecule has 10 heteroatoms. The van der Waals surface area contributed by atoms with Crippen LogP contribution in [0, 0.1) is 5.92 Å². The van der Waals surface area contributed by atoms with E-state index in [1.807, 2.05) is 6.92 Å². The van der Waals surface area contributed by atoms with Crippen molar-refractivity contribution in [3.63, 3.8) is 0 Å². The predicted molar refractivity (Wildman–Crippen MR) is 102 cm³/mol. The van der Waals surface area contributed by atoms with Crippen molar-refractivity contribution < 1.29 is 8.42 Å². The lowest BCUT2D eigenvalue weighted by atomic mass is 9.98. The van der Waals surface area contributed by atoms with E-state index in [9.17, 15) is 18.0 Å². The zero-order valence-electron chi connectivity index (χ0n) is 14.4. The fraction of sp³-hybridized carbons (Fsp3) is 0.500. The molecule has 26 heavy (non-hydrogen) atoms. The van der Waals surface area contributed by atoms with Crippen LogP contribution < -0.4 is 16.6 Å². The summed E-state index contributed by atoms with van der Waals surface area (Å²) < 4.78 is 27.2. The molecule has 0 atom stereocenters. The van der Waals surface area contributed by atoms with Crippen LogP contribution in [0.1, 0.15) is 19.8 Å². The second-order valence-corrected chi connectivity index (χ2v) is 8.21. The second kappa shape index (κ2) is 8.34. The van der Waals surface area contributed by atoms with Crippen molar-refractivity contribution in [3.05, 3.63) is 39.0 Å². The molecule has 1 saturated heterocycles. The van der Waals surface area contributed by atoms with Crippen molar-refractivity contribution in [2.75, 3.05) is 26.2 Å². The Balaban J connectivity index is 0.00000243. The molecule has 0 aliphatic carbocycles. The maximum atomic E-state index is 12.9. The Morgan fingerprint density at radius 2 is 1.88 bits per heavy atom. The number of sulfonamides is 1. The van der Waals surface area contributed by atoms with Gasteiger partial charge in [-0.15, -0.1) is 12.4 Å². The quantitative estimate of drug-likeness (QED) is 0.679. The fourth-order valence-corrected chi connectivity index (χ4v) is 4.65. The lowest BCUT2D eigenvalue weighted by Crippen LogP contribution is -2.40. The molecule has 0 amide bonds. The molecule has 8 nitrogen and oxygen atoms in total. The van der Waals surface area contributed by atoms with Gasteiger partial charge in [-0.25, -0.2) is 13.2 Å². The van der Waals surface area contributed by atoms with Gasteiger partial charge in [0.1, 0.15) is 0 Å². The number of aromatic amines is 2. The monoisotopic (exact) mass is 402 g/mol. The number of hydrogen-bond acceptors (Lipinski definition) is 5. The predicted octanol–water partition coefficient (Wildman–Crippen LogP) is 0.648. The summed E-state index contributed by atoms with van der Waals surface area (Å²) in [6, 6.07) is 4.21. The summed E-state index contributed by atoms with van der Waals surface area (Å²) in [5.74, 6) is 0.482. The van der Waals surface area contributed by atoms with Gasteiger partial charge >= 0.3 is 5.69 Å². The lowest BCUT2D eigenvalue weighted by molar-refractivity contribution is 0.268. The van der Waals surface area contributed by atoms with Crippen LogP contribution in [-0.2, 0) is 10.0 Å². The Morgan fingerprint density at radius 1 is 1.19 bits per heavy atom. The van der Waals surface area contributed by atoms with Crippen molar-refractivity contribution in [1.29, 1.82) is 0 Å². The van der Waals surface area contributed by atoms with Crippen LogP contribution in [0.4, 0.5) is 0 Å². The van der Waals surface area contributed by atoms with E-state index in [1.54, 1.807) is 0 Å².